The number of hydrogen-bond acceptors (Lipinski definition) is 3. The number of ether oxygens (including phenoxy) is 1. The predicted molar refractivity (Wildman–Crippen MR) is 51.3 cm³/mol. The maximum absolute atomic E-state index is 11.0. The Hall–Kier alpha value is -1.52. The number of hydrogen-bond donors (Lipinski definition) is 1. The molecule has 1 saturated carbocycles. The fourth-order valence-corrected chi connectivity index (χ4v) is 2.22. The fraction of sp³-hybridized carbons (Fsp3) is 0.600. The van der Waals surface area contributed by atoms with Gasteiger partial charge in [-0.25, -0.2) is 9.48 Å². The summed E-state index contributed by atoms with van der Waals surface area (Å²) >= 11 is 0. The molecule has 0 radical (unpaired) electrons. The Kier molecular flexibility index (Phi) is 1.74. The standard InChI is InChI=1S/C10H12N2O3/c13-10(14)8-7(6-2-1-3-6)9-12(11-8)4-5-15-9/h6H,1-5H2,(H,13,14). The van der Waals surface area contributed by atoms with E-state index in [2.05, 4.69) is 5.10 Å². The first-order valence-corrected chi connectivity index (χ1v) is 5.24. The van der Waals surface area contributed by atoms with Crippen LogP contribution in [0.15, 0.2) is 0 Å². The van der Waals surface area contributed by atoms with E-state index in [0.717, 1.165) is 18.4 Å². The first kappa shape index (κ1) is 8.76. The molecule has 1 aromatic rings. The van der Waals surface area contributed by atoms with E-state index < -0.39 is 5.97 Å². The summed E-state index contributed by atoms with van der Waals surface area (Å²) in [5, 5.41) is 13.1. The van der Waals surface area contributed by atoms with Crippen LogP contribution in [0, 0.1) is 0 Å². The minimum absolute atomic E-state index is 0.189. The number of aromatic carboxylic acids is 1. The van der Waals surface area contributed by atoms with Crippen molar-refractivity contribution in [1.29, 1.82) is 0 Å². The van der Waals surface area contributed by atoms with Crippen molar-refractivity contribution in [3.05, 3.63) is 11.3 Å². The van der Waals surface area contributed by atoms with Crippen molar-refractivity contribution in [2.24, 2.45) is 0 Å². The van der Waals surface area contributed by atoms with Crippen LogP contribution in [0.1, 0.15) is 41.2 Å². The quantitative estimate of drug-likeness (QED) is 0.794. The first-order chi connectivity index (χ1) is 7.27. The number of carbonyl (C=O) groups is 1. The third-order valence-corrected chi connectivity index (χ3v) is 3.20. The zero-order chi connectivity index (χ0) is 10.4. The molecule has 5 nitrogen and oxygen atoms in total. The van der Waals surface area contributed by atoms with Crippen molar-refractivity contribution in [2.75, 3.05) is 6.61 Å². The molecule has 0 spiro atoms. The molecule has 0 saturated heterocycles. The summed E-state index contributed by atoms with van der Waals surface area (Å²) in [5.74, 6) is 0.0949. The molecule has 0 bridgehead atoms. The van der Waals surface area contributed by atoms with Gasteiger partial charge in [-0.05, 0) is 18.8 Å². The number of fused-ring (bicyclic) bond motifs is 1. The Morgan fingerprint density at radius 3 is 2.93 bits per heavy atom. The summed E-state index contributed by atoms with van der Waals surface area (Å²) in [7, 11) is 0. The molecular formula is C10H12N2O3. The molecule has 2 heterocycles. The van der Waals surface area contributed by atoms with E-state index in [-0.39, 0.29) is 5.69 Å². The molecule has 0 amide bonds. The molecule has 5 heteroatoms. The Morgan fingerprint density at radius 1 is 1.53 bits per heavy atom. The largest absolute Gasteiger partial charge is 0.476 e. The van der Waals surface area contributed by atoms with Crippen molar-refractivity contribution in [3.8, 4) is 5.88 Å². The minimum atomic E-state index is -0.942. The normalized spacial score (nSPS) is 19.5. The number of rotatable bonds is 2. The second-order valence-corrected chi connectivity index (χ2v) is 4.07. The van der Waals surface area contributed by atoms with E-state index in [4.69, 9.17) is 9.84 Å². The van der Waals surface area contributed by atoms with Crippen molar-refractivity contribution >= 4 is 5.97 Å². The highest BCUT2D eigenvalue weighted by atomic mass is 16.5. The Bertz CT molecular complexity index is 421. The molecule has 0 unspecified atom stereocenters. The summed E-state index contributed by atoms with van der Waals surface area (Å²) in [5.41, 5.74) is 1.01. The molecule has 1 aliphatic heterocycles. The lowest BCUT2D eigenvalue weighted by Crippen LogP contribution is -2.14. The van der Waals surface area contributed by atoms with E-state index in [1.165, 1.54) is 6.42 Å². The van der Waals surface area contributed by atoms with Crippen molar-refractivity contribution in [1.82, 2.24) is 9.78 Å². The highest BCUT2D eigenvalue weighted by Gasteiger charge is 2.34. The molecule has 1 fully saturated rings. The van der Waals surface area contributed by atoms with Crippen molar-refractivity contribution < 1.29 is 14.6 Å². The monoisotopic (exact) mass is 208 g/mol. The lowest BCUT2D eigenvalue weighted by molar-refractivity contribution is 0.0686. The van der Waals surface area contributed by atoms with Gasteiger partial charge in [0.15, 0.2) is 5.69 Å². The van der Waals surface area contributed by atoms with Crippen molar-refractivity contribution in [2.45, 2.75) is 31.7 Å². The van der Waals surface area contributed by atoms with Gasteiger partial charge < -0.3 is 9.84 Å². The first-order valence-electron chi connectivity index (χ1n) is 5.24. The molecule has 0 atom stereocenters. The van der Waals surface area contributed by atoms with Gasteiger partial charge in [-0.2, -0.15) is 5.10 Å². The molecule has 0 aromatic carbocycles. The van der Waals surface area contributed by atoms with E-state index in [0.29, 0.717) is 24.9 Å². The van der Waals surface area contributed by atoms with Gasteiger partial charge in [0.1, 0.15) is 6.61 Å². The summed E-state index contributed by atoms with van der Waals surface area (Å²) in [6.45, 7) is 1.28. The summed E-state index contributed by atoms with van der Waals surface area (Å²) in [6, 6.07) is 0. The number of carboxylic acids is 1. The van der Waals surface area contributed by atoms with E-state index in [1.54, 1.807) is 4.68 Å². The average Bonchev–Trinajstić information content (AvgIpc) is 2.63. The van der Waals surface area contributed by atoms with E-state index >= 15 is 0 Å². The summed E-state index contributed by atoms with van der Waals surface area (Å²) in [6.07, 6.45) is 3.29. The number of aromatic nitrogens is 2. The lowest BCUT2D eigenvalue weighted by Gasteiger charge is -2.25. The van der Waals surface area contributed by atoms with Gasteiger partial charge in [-0.1, -0.05) is 6.42 Å². The number of carboxylic acid groups (broad SMARTS) is 1. The summed E-state index contributed by atoms with van der Waals surface area (Å²) < 4.78 is 7.13. The lowest BCUT2D eigenvalue weighted by atomic mass is 9.80. The third-order valence-electron chi connectivity index (χ3n) is 3.20. The molecule has 3 rings (SSSR count). The second kappa shape index (κ2) is 2.98. The van der Waals surface area contributed by atoms with Gasteiger partial charge in [0.25, 0.3) is 0 Å². The zero-order valence-corrected chi connectivity index (χ0v) is 8.27. The second-order valence-electron chi connectivity index (χ2n) is 4.07. The van der Waals surface area contributed by atoms with Crippen LogP contribution in [-0.4, -0.2) is 27.5 Å². The Balaban J connectivity index is 2.10. The van der Waals surface area contributed by atoms with E-state index in [9.17, 15) is 4.79 Å². The molecular weight excluding hydrogens is 196 g/mol. The average molecular weight is 208 g/mol. The van der Waals surface area contributed by atoms with Crippen LogP contribution in [0.5, 0.6) is 5.88 Å². The van der Waals surface area contributed by atoms with Gasteiger partial charge in [0.2, 0.25) is 5.88 Å². The molecule has 1 aromatic heterocycles. The van der Waals surface area contributed by atoms with Gasteiger partial charge in [0.05, 0.1) is 12.1 Å². The fourth-order valence-electron chi connectivity index (χ4n) is 2.22. The van der Waals surface area contributed by atoms with Gasteiger partial charge in [0, 0.05) is 0 Å². The minimum Gasteiger partial charge on any atom is -0.476 e. The third kappa shape index (κ3) is 1.15. The van der Waals surface area contributed by atoms with Crippen LogP contribution in [-0.2, 0) is 6.54 Å². The maximum Gasteiger partial charge on any atom is 0.356 e. The van der Waals surface area contributed by atoms with Crippen LogP contribution in [0.3, 0.4) is 0 Å². The highest BCUT2D eigenvalue weighted by molar-refractivity contribution is 5.88. The Morgan fingerprint density at radius 2 is 2.33 bits per heavy atom. The maximum atomic E-state index is 11.0. The van der Waals surface area contributed by atoms with Crippen LogP contribution in [0.2, 0.25) is 0 Å². The predicted octanol–water partition coefficient (Wildman–Crippen LogP) is 1.24. The van der Waals surface area contributed by atoms with Crippen LogP contribution >= 0.6 is 0 Å². The van der Waals surface area contributed by atoms with E-state index in [1.807, 2.05) is 0 Å². The molecule has 80 valence electrons. The molecule has 1 N–H and O–H groups in total. The Labute approximate surface area is 86.7 Å². The highest BCUT2D eigenvalue weighted by Crippen LogP contribution is 2.43. The van der Waals surface area contributed by atoms with Crippen LogP contribution in [0.25, 0.3) is 0 Å². The molecule has 1 aliphatic carbocycles. The summed E-state index contributed by atoms with van der Waals surface area (Å²) in [4.78, 5) is 11.0. The molecule has 15 heavy (non-hydrogen) atoms. The number of nitrogens with zero attached hydrogens (tertiary/aromatic N) is 2. The SMILES string of the molecule is O=C(O)c1nn2c(c1C1CCC1)OCC2. The van der Waals surface area contributed by atoms with Crippen LogP contribution in [0.4, 0.5) is 0 Å². The zero-order valence-electron chi connectivity index (χ0n) is 8.27. The van der Waals surface area contributed by atoms with Crippen LogP contribution < -0.4 is 4.74 Å². The van der Waals surface area contributed by atoms with Gasteiger partial charge >= 0.3 is 5.97 Å². The van der Waals surface area contributed by atoms with Crippen molar-refractivity contribution in [3.63, 3.8) is 0 Å². The van der Waals surface area contributed by atoms with Gasteiger partial charge in [-0.3, -0.25) is 0 Å². The molecule has 2 aliphatic rings. The van der Waals surface area contributed by atoms with Gasteiger partial charge in [-0.15, -0.1) is 0 Å². The topological polar surface area (TPSA) is 64.3 Å². The smallest absolute Gasteiger partial charge is 0.356 e.